The largest absolute Gasteiger partial charge is 0.365 e. The number of rotatable bonds is 3. The maximum Gasteiger partial charge on any atom is 0.331 e. The highest BCUT2D eigenvalue weighted by molar-refractivity contribution is 5.69. The number of aromatic nitrogens is 4. The third-order valence-corrected chi connectivity index (χ3v) is 5.78. The quantitative estimate of drug-likeness (QED) is 0.790. The Kier molecular flexibility index (Phi) is 3.58. The van der Waals surface area contributed by atoms with Crippen LogP contribution in [0.15, 0.2) is 35.1 Å². The summed E-state index contributed by atoms with van der Waals surface area (Å²) in [5.41, 5.74) is 2.09. The van der Waals surface area contributed by atoms with Crippen LogP contribution in [0.1, 0.15) is 43.0 Å². The third kappa shape index (κ3) is 2.43. The number of nitrogens with one attached hydrogen (secondary N) is 1. The van der Waals surface area contributed by atoms with Crippen LogP contribution in [-0.4, -0.2) is 25.1 Å². The Balaban J connectivity index is 1.52. The van der Waals surface area contributed by atoms with Gasteiger partial charge in [0.2, 0.25) is 0 Å². The van der Waals surface area contributed by atoms with Crippen molar-refractivity contribution in [2.45, 2.75) is 50.6 Å². The molecule has 1 N–H and O–H groups in total. The molecule has 1 aliphatic carbocycles. The van der Waals surface area contributed by atoms with Crippen LogP contribution in [0, 0.1) is 0 Å². The van der Waals surface area contributed by atoms with Crippen LogP contribution in [0.5, 0.6) is 0 Å². The summed E-state index contributed by atoms with van der Waals surface area (Å²) in [6.45, 7) is 0.665. The zero-order valence-corrected chi connectivity index (χ0v) is 15.0. The molecule has 0 radical (unpaired) electrons. The van der Waals surface area contributed by atoms with Crippen molar-refractivity contribution in [3.63, 3.8) is 0 Å². The third-order valence-electron chi connectivity index (χ3n) is 5.78. The van der Waals surface area contributed by atoms with Crippen molar-refractivity contribution in [3.8, 4) is 11.5 Å². The monoisotopic (exact) mass is 349 g/mol. The van der Waals surface area contributed by atoms with E-state index in [1.165, 1.54) is 18.4 Å². The molecule has 1 aromatic carbocycles. The Morgan fingerprint density at radius 3 is 2.69 bits per heavy atom. The number of imidazole rings is 1. The van der Waals surface area contributed by atoms with E-state index in [-0.39, 0.29) is 11.7 Å². The molecule has 0 saturated heterocycles. The SMILES string of the molecule is Cn1c2nc(C3CCCC3)nc-2c2n(c1=O)C[C@@H](Cc1ccccc1)N2. The second-order valence-corrected chi connectivity index (χ2v) is 7.57. The molecule has 1 aromatic rings. The van der Waals surface area contributed by atoms with Crippen LogP contribution in [-0.2, 0) is 20.0 Å². The summed E-state index contributed by atoms with van der Waals surface area (Å²) in [7, 11) is 1.80. The van der Waals surface area contributed by atoms with E-state index >= 15 is 0 Å². The molecular weight excluding hydrogens is 326 g/mol. The summed E-state index contributed by atoms with van der Waals surface area (Å²) in [5, 5.41) is 3.55. The first-order valence-corrected chi connectivity index (χ1v) is 9.48. The van der Waals surface area contributed by atoms with Gasteiger partial charge in [0, 0.05) is 25.6 Å². The van der Waals surface area contributed by atoms with Gasteiger partial charge in [0.1, 0.15) is 17.3 Å². The van der Waals surface area contributed by atoms with E-state index in [0.29, 0.717) is 18.3 Å². The molecule has 0 amide bonds. The summed E-state index contributed by atoms with van der Waals surface area (Å²) in [5.74, 6) is 2.89. The molecule has 26 heavy (non-hydrogen) atoms. The number of anilines is 1. The molecule has 0 aromatic heterocycles. The van der Waals surface area contributed by atoms with Gasteiger partial charge in [-0.25, -0.2) is 14.8 Å². The lowest BCUT2D eigenvalue weighted by Gasteiger charge is -2.11. The number of hydrogen-bond donors (Lipinski definition) is 1. The average molecular weight is 349 g/mol. The van der Waals surface area contributed by atoms with Crippen molar-refractivity contribution in [2.75, 3.05) is 5.32 Å². The summed E-state index contributed by atoms with van der Waals surface area (Å²) < 4.78 is 3.47. The first kappa shape index (κ1) is 15.6. The fourth-order valence-corrected chi connectivity index (χ4v) is 4.39. The van der Waals surface area contributed by atoms with Crippen LogP contribution in [0.25, 0.3) is 11.5 Å². The molecule has 6 heteroatoms. The molecule has 5 rings (SSSR count). The van der Waals surface area contributed by atoms with Crippen LogP contribution >= 0.6 is 0 Å². The van der Waals surface area contributed by atoms with E-state index in [0.717, 1.165) is 36.6 Å². The lowest BCUT2D eigenvalue weighted by atomic mass is 10.1. The van der Waals surface area contributed by atoms with E-state index in [1.54, 1.807) is 11.6 Å². The highest BCUT2D eigenvalue weighted by atomic mass is 16.1. The van der Waals surface area contributed by atoms with Gasteiger partial charge in [-0.2, -0.15) is 0 Å². The molecule has 0 spiro atoms. The number of nitrogens with zero attached hydrogens (tertiary/aromatic N) is 4. The molecule has 3 aliphatic heterocycles. The van der Waals surface area contributed by atoms with Gasteiger partial charge in [-0.3, -0.25) is 9.13 Å². The Morgan fingerprint density at radius 2 is 1.92 bits per heavy atom. The molecule has 1 atom stereocenters. The Bertz CT molecular complexity index is 968. The van der Waals surface area contributed by atoms with E-state index in [1.807, 2.05) is 10.6 Å². The van der Waals surface area contributed by atoms with Crippen molar-refractivity contribution in [1.82, 2.24) is 19.1 Å². The van der Waals surface area contributed by atoms with Crippen molar-refractivity contribution in [1.29, 1.82) is 0 Å². The van der Waals surface area contributed by atoms with Gasteiger partial charge in [-0.15, -0.1) is 0 Å². The summed E-state index contributed by atoms with van der Waals surface area (Å²) >= 11 is 0. The predicted octanol–water partition coefficient (Wildman–Crippen LogP) is 2.78. The molecular formula is C20H23N5O. The first-order chi connectivity index (χ1) is 12.7. The smallest absolute Gasteiger partial charge is 0.331 e. The average Bonchev–Trinajstić information content (AvgIpc) is 3.38. The second-order valence-electron chi connectivity index (χ2n) is 7.57. The lowest BCUT2D eigenvalue weighted by molar-refractivity contribution is 0.598. The minimum atomic E-state index is -0.0200. The second kappa shape index (κ2) is 5.97. The van der Waals surface area contributed by atoms with Gasteiger partial charge >= 0.3 is 5.69 Å². The van der Waals surface area contributed by atoms with Gasteiger partial charge in [0.05, 0.1) is 0 Å². The summed E-state index contributed by atoms with van der Waals surface area (Å²) in [6.07, 6.45) is 5.70. The molecule has 0 unspecified atom stereocenters. The zero-order valence-electron chi connectivity index (χ0n) is 15.0. The van der Waals surface area contributed by atoms with Gasteiger partial charge in [-0.05, 0) is 24.8 Å². The molecule has 1 saturated carbocycles. The molecule has 4 aliphatic rings. The lowest BCUT2D eigenvalue weighted by Crippen LogP contribution is -2.30. The van der Waals surface area contributed by atoms with Crippen molar-refractivity contribution >= 4 is 5.82 Å². The van der Waals surface area contributed by atoms with Gasteiger partial charge in [0.15, 0.2) is 5.82 Å². The van der Waals surface area contributed by atoms with Crippen molar-refractivity contribution < 1.29 is 0 Å². The fourth-order valence-electron chi connectivity index (χ4n) is 4.39. The molecule has 1 fully saturated rings. The van der Waals surface area contributed by atoms with Crippen molar-refractivity contribution in [3.05, 3.63) is 52.2 Å². The summed E-state index contributed by atoms with van der Waals surface area (Å²) in [4.78, 5) is 22.4. The normalized spacial score (nSPS) is 19.8. The Hall–Kier alpha value is -2.63. The number of hydrogen-bond acceptors (Lipinski definition) is 4. The van der Waals surface area contributed by atoms with Crippen LogP contribution in [0.3, 0.4) is 0 Å². The molecule has 134 valence electrons. The number of fused-ring (bicyclic) bond motifs is 3. The fraction of sp³-hybridized carbons (Fsp3) is 0.450. The maximum absolute atomic E-state index is 12.8. The molecule has 0 bridgehead atoms. The highest BCUT2D eigenvalue weighted by Gasteiger charge is 2.32. The van der Waals surface area contributed by atoms with E-state index in [9.17, 15) is 4.79 Å². The van der Waals surface area contributed by atoms with Crippen LogP contribution in [0.4, 0.5) is 5.82 Å². The topological polar surface area (TPSA) is 64.7 Å². The number of benzene rings is 1. The molecule has 6 nitrogen and oxygen atoms in total. The maximum atomic E-state index is 12.8. The van der Waals surface area contributed by atoms with E-state index in [4.69, 9.17) is 9.97 Å². The molecule has 3 heterocycles. The highest BCUT2D eigenvalue weighted by Crippen LogP contribution is 2.37. The van der Waals surface area contributed by atoms with Gasteiger partial charge in [0.25, 0.3) is 0 Å². The van der Waals surface area contributed by atoms with Crippen LogP contribution in [0.2, 0.25) is 0 Å². The summed E-state index contributed by atoms with van der Waals surface area (Å²) in [6, 6.07) is 10.6. The first-order valence-electron chi connectivity index (χ1n) is 9.48. The van der Waals surface area contributed by atoms with Gasteiger partial charge in [-0.1, -0.05) is 43.2 Å². The van der Waals surface area contributed by atoms with Gasteiger partial charge < -0.3 is 5.32 Å². The standard InChI is InChI=1S/C20H23N5O/c1-24-18-16(22-17(23-18)14-9-5-6-10-14)19-21-15(12-25(19)20(24)26)11-13-7-3-2-4-8-13/h2-4,7-8,14-15,21H,5-6,9-12H2,1H3/t15-/m1/s1. The zero-order chi connectivity index (χ0) is 17.7. The predicted molar refractivity (Wildman–Crippen MR) is 101 cm³/mol. The Labute approximate surface area is 152 Å². The van der Waals surface area contributed by atoms with E-state index in [2.05, 4.69) is 29.6 Å². The minimum Gasteiger partial charge on any atom is -0.365 e. The van der Waals surface area contributed by atoms with Crippen molar-refractivity contribution in [2.24, 2.45) is 7.05 Å². The van der Waals surface area contributed by atoms with E-state index < -0.39 is 0 Å². The van der Waals surface area contributed by atoms with Crippen LogP contribution < -0.4 is 11.0 Å². The Morgan fingerprint density at radius 1 is 1.15 bits per heavy atom. The minimum absolute atomic E-state index is 0.0200.